The zero-order valence-corrected chi connectivity index (χ0v) is 14.4. The molecule has 0 bridgehead atoms. The predicted octanol–water partition coefficient (Wildman–Crippen LogP) is 2.25. The first-order valence-electron chi connectivity index (χ1n) is 8.12. The highest BCUT2D eigenvalue weighted by molar-refractivity contribution is 8.14. The van der Waals surface area contributed by atoms with Gasteiger partial charge in [-0.25, -0.2) is 4.90 Å². The smallest absolute Gasteiger partial charge is 0.266 e. The van der Waals surface area contributed by atoms with Crippen LogP contribution in [0.15, 0.2) is 48.5 Å². The van der Waals surface area contributed by atoms with Crippen LogP contribution in [-0.4, -0.2) is 34.6 Å². The second kappa shape index (κ2) is 6.42. The molecular formula is C19H14N2O4S. The minimum absolute atomic E-state index is 0.0726. The second-order valence-corrected chi connectivity index (χ2v) is 7.09. The van der Waals surface area contributed by atoms with Crippen molar-refractivity contribution in [3.8, 4) is 0 Å². The van der Waals surface area contributed by atoms with Gasteiger partial charge in [-0.3, -0.25) is 19.2 Å². The second-order valence-electron chi connectivity index (χ2n) is 5.99. The summed E-state index contributed by atoms with van der Waals surface area (Å²) < 4.78 is 0. The normalized spacial score (nSPS) is 19.0. The third kappa shape index (κ3) is 2.61. The molecule has 0 aromatic heterocycles. The summed E-state index contributed by atoms with van der Waals surface area (Å²) in [7, 11) is 0. The Morgan fingerprint density at radius 1 is 0.962 bits per heavy atom. The van der Waals surface area contributed by atoms with Crippen LogP contribution >= 0.6 is 11.8 Å². The number of benzene rings is 2. The van der Waals surface area contributed by atoms with E-state index < -0.39 is 23.8 Å². The van der Waals surface area contributed by atoms with Crippen LogP contribution in [0, 0.1) is 0 Å². The van der Waals surface area contributed by atoms with Gasteiger partial charge < -0.3 is 5.32 Å². The van der Waals surface area contributed by atoms with Crippen molar-refractivity contribution >= 4 is 40.3 Å². The molecule has 2 aromatic rings. The summed E-state index contributed by atoms with van der Waals surface area (Å²) in [6.45, 7) is 0. The summed E-state index contributed by atoms with van der Waals surface area (Å²) in [5.41, 5.74) is 1.03. The van der Waals surface area contributed by atoms with Crippen LogP contribution in [0.1, 0.15) is 37.5 Å². The Kier molecular flexibility index (Phi) is 4.08. The fourth-order valence-electron chi connectivity index (χ4n) is 3.13. The van der Waals surface area contributed by atoms with Crippen molar-refractivity contribution in [1.29, 1.82) is 0 Å². The molecule has 1 fully saturated rings. The van der Waals surface area contributed by atoms with E-state index in [1.807, 2.05) is 0 Å². The van der Waals surface area contributed by atoms with E-state index in [4.69, 9.17) is 0 Å². The maximum atomic E-state index is 12.7. The molecule has 0 aliphatic carbocycles. The summed E-state index contributed by atoms with van der Waals surface area (Å²) in [5.74, 6) is -0.723. The SMILES string of the molecule is O=C(NC1CCSC1=O)c1ccccc1N1C(=O)c2ccccc2C1=O. The topological polar surface area (TPSA) is 83.6 Å². The number of nitrogens with zero attached hydrogens (tertiary/aromatic N) is 1. The van der Waals surface area contributed by atoms with Gasteiger partial charge in [0.15, 0.2) is 0 Å². The minimum atomic E-state index is -0.539. The third-order valence-electron chi connectivity index (χ3n) is 4.42. The Bertz CT molecular complexity index is 921. The van der Waals surface area contributed by atoms with Gasteiger partial charge in [-0.05, 0) is 30.7 Å². The summed E-state index contributed by atoms with van der Waals surface area (Å²) >= 11 is 1.19. The lowest BCUT2D eigenvalue weighted by Gasteiger charge is -2.19. The fourth-order valence-corrected chi connectivity index (χ4v) is 4.06. The monoisotopic (exact) mass is 366 g/mol. The number of carbonyl (C=O) groups is 4. The van der Waals surface area contributed by atoms with E-state index in [0.29, 0.717) is 23.3 Å². The maximum absolute atomic E-state index is 12.7. The van der Waals surface area contributed by atoms with Gasteiger partial charge in [-0.1, -0.05) is 36.0 Å². The number of amides is 3. The molecule has 0 radical (unpaired) electrons. The Labute approximate surface area is 153 Å². The first-order chi connectivity index (χ1) is 12.6. The lowest BCUT2D eigenvalue weighted by atomic mass is 10.1. The summed E-state index contributed by atoms with van der Waals surface area (Å²) in [5, 5.41) is 2.63. The Morgan fingerprint density at radius 2 is 1.58 bits per heavy atom. The number of rotatable bonds is 3. The first kappa shape index (κ1) is 16.5. The molecule has 2 aromatic carbocycles. The Hall–Kier alpha value is -2.93. The average Bonchev–Trinajstić information content (AvgIpc) is 3.17. The predicted molar refractivity (Wildman–Crippen MR) is 97.4 cm³/mol. The zero-order chi connectivity index (χ0) is 18.3. The van der Waals surface area contributed by atoms with Gasteiger partial charge >= 0.3 is 0 Å². The number of anilines is 1. The van der Waals surface area contributed by atoms with Crippen molar-refractivity contribution in [2.75, 3.05) is 10.7 Å². The van der Waals surface area contributed by atoms with Crippen LogP contribution < -0.4 is 10.2 Å². The van der Waals surface area contributed by atoms with Gasteiger partial charge in [0.25, 0.3) is 17.7 Å². The van der Waals surface area contributed by atoms with Crippen LogP contribution in [0.3, 0.4) is 0 Å². The van der Waals surface area contributed by atoms with Crippen molar-refractivity contribution in [2.24, 2.45) is 0 Å². The van der Waals surface area contributed by atoms with Gasteiger partial charge in [0, 0.05) is 5.75 Å². The molecule has 1 saturated heterocycles. The minimum Gasteiger partial charge on any atom is -0.341 e. The van der Waals surface area contributed by atoms with E-state index in [1.54, 1.807) is 48.5 Å². The first-order valence-corrected chi connectivity index (χ1v) is 9.11. The molecule has 2 heterocycles. The number of hydrogen-bond donors (Lipinski definition) is 1. The van der Waals surface area contributed by atoms with E-state index in [0.717, 1.165) is 4.90 Å². The lowest BCUT2D eigenvalue weighted by Crippen LogP contribution is -2.39. The van der Waals surface area contributed by atoms with Gasteiger partial charge in [-0.2, -0.15) is 0 Å². The summed E-state index contributed by atoms with van der Waals surface area (Å²) in [4.78, 5) is 50.9. The molecule has 1 atom stereocenters. The van der Waals surface area contributed by atoms with Crippen LogP contribution in [0.2, 0.25) is 0 Å². The molecule has 1 N–H and O–H groups in total. The Morgan fingerprint density at radius 3 is 2.19 bits per heavy atom. The van der Waals surface area contributed by atoms with Crippen LogP contribution in [0.5, 0.6) is 0 Å². The van der Waals surface area contributed by atoms with Crippen molar-refractivity contribution in [2.45, 2.75) is 12.5 Å². The van der Waals surface area contributed by atoms with Crippen molar-refractivity contribution in [3.63, 3.8) is 0 Å². The summed E-state index contributed by atoms with van der Waals surface area (Å²) in [6, 6.07) is 12.4. The van der Waals surface area contributed by atoms with Gasteiger partial charge in [0.05, 0.1) is 28.4 Å². The van der Waals surface area contributed by atoms with Gasteiger partial charge in [0.2, 0.25) is 5.12 Å². The van der Waals surface area contributed by atoms with Crippen LogP contribution in [0.25, 0.3) is 0 Å². The molecule has 1 unspecified atom stereocenters. The molecule has 4 rings (SSSR count). The quantitative estimate of drug-likeness (QED) is 0.843. The third-order valence-corrected chi connectivity index (χ3v) is 5.43. The maximum Gasteiger partial charge on any atom is 0.266 e. The highest BCUT2D eigenvalue weighted by Crippen LogP contribution is 2.31. The number of imide groups is 1. The van der Waals surface area contributed by atoms with Crippen molar-refractivity contribution in [3.05, 3.63) is 65.2 Å². The van der Waals surface area contributed by atoms with Crippen LogP contribution in [0.4, 0.5) is 5.69 Å². The molecule has 2 aliphatic heterocycles. The number of para-hydroxylation sites is 1. The van der Waals surface area contributed by atoms with E-state index in [2.05, 4.69) is 5.32 Å². The number of carbonyl (C=O) groups excluding carboxylic acids is 4. The lowest BCUT2D eigenvalue weighted by molar-refractivity contribution is -0.112. The molecule has 3 amide bonds. The number of hydrogen-bond acceptors (Lipinski definition) is 5. The van der Waals surface area contributed by atoms with Crippen LogP contribution in [-0.2, 0) is 4.79 Å². The molecular weight excluding hydrogens is 352 g/mol. The molecule has 130 valence electrons. The Balaban J connectivity index is 1.69. The van der Waals surface area contributed by atoms with Crippen molar-refractivity contribution < 1.29 is 19.2 Å². The van der Waals surface area contributed by atoms with Crippen molar-refractivity contribution in [1.82, 2.24) is 5.32 Å². The molecule has 0 spiro atoms. The van der Waals surface area contributed by atoms with E-state index in [9.17, 15) is 19.2 Å². The molecule has 6 nitrogen and oxygen atoms in total. The molecule has 26 heavy (non-hydrogen) atoms. The largest absolute Gasteiger partial charge is 0.341 e. The number of nitrogens with one attached hydrogen (secondary N) is 1. The highest BCUT2D eigenvalue weighted by Gasteiger charge is 2.38. The average molecular weight is 366 g/mol. The van der Waals surface area contributed by atoms with E-state index in [-0.39, 0.29) is 16.4 Å². The molecule has 2 aliphatic rings. The zero-order valence-electron chi connectivity index (χ0n) is 13.6. The fraction of sp³-hybridized carbons (Fsp3) is 0.158. The number of thioether (sulfide) groups is 1. The number of fused-ring (bicyclic) bond motifs is 1. The standard InChI is InChI=1S/C19H14N2O4S/c22-16(20-14-9-10-26-19(14)25)13-7-3-4-8-15(13)21-17(23)11-5-1-2-6-12(11)18(21)24/h1-8,14H,9-10H2,(H,20,22). The van der Waals surface area contributed by atoms with E-state index in [1.165, 1.54) is 11.8 Å². The van der Waals surface area contributed by atoms with Gasteiger partial charge in [0.1, 0.15) is 0 Å². The van der Waals surface area contributed by atoms with E-state index >= 15 is 0 Å². The summed E-state index contributed by atoms with van der Waals surface area (Å²) in [6.07, 6.45) is 0.574. The molecule has 7 heteroatoms. The van der Waals surface area contributed by atoms with Gasteiger partial charge in [-0.15, -0.1) is 0 Å². The highest BCUT2D eigenvalue weighted by atomic mass is 32.2. The molecule has 0 saturated carbocycles.